The van der Waals surface area contributed by atoms with Crippen molar-refractivity contribution in [1.82, 2.24) is 0 Å². The van der Waals surface area contributed by atoms with Gasteiger partial charge in [0.15, 0.2) is 0 Å². The normalized spacial score (nSPS) is 14.0. The van der Waals surface area contributed by atoms with Gasteiger partial charge in [0.2, 0.25) is 0 Å². The summed E-state index contributed by atoms with van der Waals surface area (Å²) < 4.78 is 0. The van der Waals surface area contributed by atoms with Gasteiger partial charge in [0.25, 0.3) is 0 Å². The second-order valence-corrected chi connectivity index (χ2v) is 5.98. The third-order valence-electron chi connectivity index (χ3n) is 4.45. The highest BCUT2D eigenvalue weighted by molar-refractivity contribution is 5.20. The Hall–Kier alpha value is -0.780. The SMILES string of the molecule is CCC(C)(CC)CC(c1ccccc1)C(C)C. The van der Waals surface area contributed by atoms with Crippen LogP contribution in [-0.4, -0.2) is 0 Å². The van der Waals surface area contributed by atoms with E-state index in [0.29, 0.717) is 11.3 Å². The summed E-state index contributed by atoms with van der Waals surface area (Å²) in [5, 5.41) is 0. The van der Waals surface area contributed by atoms with Crippen LogP contribution in [0.25, 0.3) is 0 Å². The molecule has 1 aromatic carbocycles. The van der Waals surface area contributed by atoms with E-state index in [0.717, 1.165) is 5.92 Å². The lowest BCUT2D eigenvalue weighted by Gasteiger charge is -2.33. The van der Waals surface area contributed by atoms with Gasteiger partial charge < -0.3 is 0 Å². The maximum Gasteiger partial charge on any atom is -0.0134 e. The molecule has 0 aliphatic rings. The third-order valence-corrected chi connectivity index (χ3v) is 4.45. The Morgan fingerprint density at radius 1 is 1.00 bits per heavy atom. The summed E-state index contributed by atoms with van der Waals surface area (Å²) in [5.41, 5.74) is 2.00. The Kier molecular flexibility index (Phi) is 5.24. The molecule has 0 nitrogen and oxygen atoms in total. The molecule has 0 heteroatoms. The molecule has 0 aromatic heterocycles. The molecule has 1 rings (SSSR count). The molecule has 17 heavy (non-hydrogen) atoms. The van der Waals surface area contributed by atoms with Crippen LogP contribution in [-0.2, 0) is 0 Å². The Morgan fingerprint density at radius 2 is 1.53 bits per heavy atom. The summed E-state index contributed by atoms with van der Waals surface area (Å²) in [6.45, 7) is 11.8. The molecule has 0 radical (unpaired) electrons. The van der Waals surface area contributed by atoms with Crippen molar-refractivity contribution in [3.8, 4) is 0 Å². The Bertz CT molecular complexity index is 306. The fourth-order valence-electron chi connectivity index (χ4n) is 2.51. The molecule has 0 bridgehead atoms. The zero-order valence-corrected chi connectivity index (χ0v) is 12.2. The van der Waals surface area contributed by atoms with Gasteiger partial charge in [0.1, 0.15) is 0 Å². The highest BCUT2D eigenvalue weighted by atomic mass is 14.3. The lowest BCUT2D eigenvalue weighted by Crippen LogP contribution is -2.21. The van der Waals surface area contributed by atoms with E-state index >= 15 is 0 Å². The average molecular weight is 232 g/mol. The first-order valence-electron chi connectivity index (χ1n) is 7.07. The Balaban J connectivity index is 2.88. The minimum Gasteiger partial charge on any atom is -0.0649 e. The third kappa shape index (κ3) is 3.87. The fraction of sp³-hybridized carbons (Fsp3) is 0.647. The molecular formula is C17H28. The molecule has 0 fully saturated rings. The van der Waals surface area contributed by atoms with E-state index in [1.54, 1.807) is 0 Å². The van der Waals surface area contributed by atoms with Crippen LogP contribution in [0.15, 0.2) is 30.3 Å². The van der Waals surface area contributed by atoms with Crippen LogP contribution in [0.4, 0.5) is 0 Å². The monoisotopic (exact) mass is 232 g/mol. The molecule has 0 aliphatic heterocycles. The molecule has 0 spiro atoms. The largest absolute Gasteiger partial charge is 0.0649 e. The maximum absolute atomic E-state index is 2.44. The van der Waals surface area contributed by atoms with Crippen molar-refractivity contribution < 1.29 is 0 Å². The number of benzene rings is 1. The van der Waals surface area contributed by atoms with Gasteiger partial charge in [-0.1, -0.05) is 77.8 Å². The lowest BCUT2D eigenvalue weighted by atomic mass is 9.71. The van der Waals surface area contributed by atoms with Gasteiger partial charge in [0.05, 0.1) is 0 Å². The van der Waals surface area contributed by atoms with Crippen molar-refractivity contribution in [1.29, 1.82) is 0 Å². The zero-order chi connectivity index (χ0) is 12.9. The summed E-state index contributed by atoms with van der Waals surface area (Å²) >= 11 is 0. The highest BCUT2D eigenvalue weighted by Crippen LogP contribution is 2.40. The predicted molar refractivity (Wildman–Crippen MR) is 77.3 cm³/mol. The molecule has 0 saturated carbocycles. The lowest BCUT2D eigenvalue weighted by molar-refractivity contribution is 0.228. The van der Waals surface area contributed by atoms with Crippen molar-refractivity contribution in [2.24, 2.45) is 11.3 Å². The summed E-state index contributed by atoms with van der Waals surface area (Å²) in [7, 11) is 0. The standard InChI is InChI=1S/C17H28/c1-6-17(5,7-2)13-16(14(3)4)15-11-9-8-10-12-15/h8-12,14,16H,6-7,13H2,1-5H3. The number of hydrogen-bond donors (Lipinski definition) is 0. The second-order valence-electron chi connectivity index (χ2n) is 5.98. The van der Waals surface area contributed by atoms with Crippen LogP contribution < -0.4 is 0 Å². The second kappa shape index (κ2) is 6.23. The van der Waals surface area contributed by atoms with Gasteiger partial charge in [-0.15, -0.1) is 0 Å². The van der Waals surface area contributed by atoms with E-state index in [2.05, 4.69) is 65.0 Å². The van der Waals surface area contributed by atoms with Crippen LogP contribution in [0.1, 0.15) is 65.4 Å². The van der Waals surface area contributed by atoms with Crippen LogP contribution in [0.2, 0.25) is 0 Å². The van der Waals surface area contributed by atoms with Crippen molar-refractivity contribution in [2.75, 3.05) is 0 Å². The summed E-state index contributed by atoms with van der Waals surface area (Å²) in [4.78, 5) is 0. The Morgan fingerprint density at radius 3 is 1.94 bits per heavy atom. The van der Waals surface area contributed by atoms with Gasteiger partial charge >= 0.3 is 0 Å². The summed E-state index contributed by atoms with van der Waals surface area (Å²) in [5.74, 6) is 1.41. The van der Waals surface area contributed by atoms with E-state index < -0.39 is 0 Å². The fourth-order valence-corrected chi connectivity index (χ4v) is 2.51. The van der Waals surface area contributed by atoms with Crippen LogP contribution in [0.3, 0.4) is 0 Å². The van der Waals surface area contributed by atoms with Gasteiger partial charge in [0, 0.05) is 0 Å². The molecule has 0 aliphatic carbocycles. The molecule has 0 heterocycles. The van der Waals surface area contributed by atoms with Crippen LogP contribution in [0, 0.1) is 11.3 Å². The van der Waals surface area contributed by atoms with E-state index in [4.69, 9.17) is 0 Å². The van der Waals surface area contributed by atoms with E-state index in [1.165, 1.54) is 24.8 Å². The summed E-state index contributed by atoms with van der Waals surface area (Å²) in [6, 6.07) is 11.0. The predicted octanol–water partition coefficient (Wildman–Crippen LogP) is 5.64. The number of rotatable bonds is 6. The molecule has 0 saturated heterocycles. The first kappa shape index (κ1) is 14.3. The topological polar surface area (TPSA) is 0 Å². The van der Waals surface area contributed by atoms with Crippen molar-refractivity contribution in [2.45, 2.75) is 59.8 Å². The van der Waals surface area contributed by atoms with E-state index in [-0.39, 0.29) is 0 Å². The van der Waals surface area contributed by atoms with Crippen molar-refractivity contribution in [3.05, 3.63) is 35.9 Å². The van der Waals surface area contributed by atoms with Crippen molar-refractivity contribution >= 4 is 0 Å². The van der Waals surface area contributed by atoms with E-state index in [9.17, 15) is 0 Å². The van der Waals surface area contributed by atoms with Gasteiger partial charge in [-0.25, -0.2) is 0 Å². The highest BCUT2D eigenvalue weighted by Gasteiger charge is 2.27. The van der Waals surface area contributed by atoms with Crippen LogP contribution >= 0.6 is 0 Å². The Labute approximate surface area is 107 Å². The number of hydrogen-bond acceptors (Lipinski definition) is 0. The molecule has 1 atom stereocenters. The molecule has 0 N–H and O–H groups in total. The minimum atomic E-state index is 0.491. The van der Waals surface area contributed by atoms with Crippen molar-refractivity contribution in [3.63, 3.8) is 0 Å². The average Bonchev–Trinajstić information content (AvgIpc) is 2.36. The van der Waals surface area contributed by atoms with Crippen LogP contribution in [0.5, 0.6) is 0 Å². The first-order valence-corrected chi connectivity index (χ1v) is 7.07. The quantitative estimate of drug-likeness (QED) is 0.595. The van der Waals surface area contributed by atoms with Gasteiger partial charge in [-0.3, -0.25) is 0 Å². The molecular weight excluding hydrogens is 204 g/mol. The summed E-state index contributed by atoms with van der Waals surface area (Å²) in [6.07, 6.45) is 3.86. The first-order chi connectivity index (χ1) is 8.02. The zero-order valence-electron chi connectivity index (χ0n) is 12.2. The van der Waals surface area contributed by atoms with E-state index in [1.807, 2.05) is 0 Å². The molecule has 96 valence electrons. The molecule has 0 amide bonds. The maximum atomic E-state index is 2.44. The molecule has 1 aromatic rings. The smallest absolute Gasteiger partial charge is 0.0134 e. The van der Waals surface area contributed by atoms with Gasteiger partial charge in [-0.05, 0) is 29.2 Å². The van der Waals surface area contributed by atoms with Gasteiger partial charge in [-0.2, -0.15) is 0 Å². The molecule has 1 unspecified atom stereocenters. The minimum absolute atomic E-state index is 0.491.